The molecule has 0 fully saturated rings. The summed E-state index contributed by atoms with van der Waals surface area (Å²) < 4.78 is 33.9. The topological polar surface area (TPSA) is 132 Å². The molecule has 3 N–H and O–H groups in total. The maximum absolute atomic E-state index is 12.5. The first-order valence-electron chi connectivity index (χ1n) is 9.34. The SMILES string of the molecule is CCCOc1c(Cl)cc(/C=C(\C#N)C(=O)Nc2ccc(S(N)(=O)=O)cc2)cc1OCC. The second kappa shape index (κ2) is 10.8. The van der Waals surface area contributed by atoms with Gasteiger partial charge in [-0.15, -0.1) is 0 Å². The summed E-state index contributed by atoms with van der Waals surface area (Å²) in [5.41, 5.74) is 0.597. The van der Waals surface area contributed by atoms with Crippen molar-refractivity contribution in [3.05, 3.63) is 52.6 Å². The molecule has 2 aromatic rings. The maximum atomic E-state index is 12.5. The molecular weight excluding hydrogens is 442 g/mol. The number of ether oxygens (including phenoxy) is 2. The lowest BCUT2D eigenvalue weighted by Gasteiger charge is -2.14. The van der Waals surface area contributed by atoms with E-state index in [2.05, 4.69) is 5.32 Å². The Morgan fingerprint density at radius 3 is 2.45 bits per heavy atom. The first-order valence-corrected chi connectivity index (χ1v) is 11.3. The van der Waals surface area contributed by atoms with E-state index in [0.29, 0.717) is 41.0 Å². The molecule has 164 valence electrons. The molecule has 0 atom stereocenters. The number of nitriles is 1. The summed E-state index contributed by atoms with van der Waals surface area (Å²) in [4.78, 5) is 12.4. The summed E-state index contributed by atoms with van der Waals surface area (Å²) in [5, 5.41) is 17.3. The van der Waals surface area contributed by atoms with Crippen molar-refractivity contribution in [3.8, 4) is 17.6 Å². The highest BCUT2D eigenvalue weighted by Gasteiger charge is 2.15. The van der Waals surface area contributed by atoms with Crippen molar-refractivity contribution in [2.75, 3.05) is 18.5 Å². The quantitative estimate of drug-likeness (QED) is 0.430. The van der Waals surface area contributed by atoms with E-state index < -0.39 is 15.9 Å². The van der Waals surface area contributed by atoms with Crippen LogP contribution in [0.25, 0.3) is 6.08 Å². The Hall–Kier alpha value is -3.06. The summed E-state index contributed by atoms with van der Waals surface area (Å²) >= 11 is 6.32. The number of primary sulfonamides is 1. The van der Waals surface area contributed by atoms with E-state index in [-0.39, 0.29) is 10.5 Å². The Labute approximate surface area is 186 Å². The number of carbonyl (C=O) groups excluding carboxylic acids is 1. The number of anilines is 1. The van der Waals surface area contributed by atoms with Gasteiger partial charge in [-0.3, -0.25) is 4.79 Å². The highest BCUT2D eigenvalue weighted by molar-refractivity contribution is 7.89. The molecule has 0 unspecified atom stereocenters. The van der Waals surface area contributed by atoms with Gasteiger partial charge in [-0.05, 0) is 61.4 Å². The van der Waals surface area contributed by atoms with Crippen LogP contribution in [0.15, 0.2) is 46.9 Å². The molecule has 0 bridgehead atoms. The zero-order chi connectivity index (χ0) is 23.0. The molecule has 0 spiro atoms. The Bertz CT molecular complexity index is 1120. The molecular formula is C21H22ClN3O5S. The number of rotatable bonds is 9. The largest absolute Gasteiger partial charge is 0.490 e. The molecule has 0 heterocycles. The highest BCUT2D eigenvalue weighted by atomic mass is 35.5. The Morgan fingerprint density at radius 1 is 1.23 bits per heavy atom. The monoisotopic (exact) mass is 463 g/mol. The third kappa shape index (κ3) is 6.72. The van der Waals surface area contributed by atoms with Crippen LogP contribution in [0.2, 0.25) is 5.02 Å². The highest BCUT2D eigenvalue weighted by Crippen LogP contribution is 2.37. The number of carbonyl (C=O) groups is 1. The zero-order valence-corrected chi connectivity index (χ0v) is 18.6. The average Bonchev–Trinajstić information content (AvgIpc) is 2.71. The second-order valence-corrected chi connectivity index (χ2v) is 8.27. The molecule has 0 radical (unpaired) electrons. The minimum atomic E-state index is -3.84. The number of sulfonamides is 1. The minimum absolute atomic E-state index is 0.0926. The van der Waals surface area contributed by atoms with Crippen molar-refractivity contribution in [2.45, 2.75) is 25.2 Å². The Balaban J connectivity index is 2.29. The summed E-state index contributed by atoms with van der Waals surface area (Å²) in [6.07, 6.45) is 2.16. The van der Waals surface area contributed by atoms with Crippen molar-refractivity contribution in [3.63, 3.8) is 0 Å². The van der Waals surface area contributed by atoms with Gasteiger partial charge in [0.2, 0.25) is 10.0 Å². The number of nitrogens with zero attached hydrogens (tertiary/aromatic N) is 1. The number of nitrogens with one attached hydrogen (secondary N) is 1. The normalized spacial score (nSPS) is 11.5. The Morgan fingerprint density at radius 2 is 1.90 bits per heavy atom. The van der Waals surface area contributed by atoms with Crippen LogP contribution in [0.4, 0.5) is 5.69 Å². The van der Waals surface area contributed by atoms with Gasteiger partial charge in [0.15, 0.2) is 11.5 Å². The number of amides is 1. The van der Waals surface area contributed by atoms with Crippen LogP contribution < -0.4 is 19.9 Å². The van der Waals surface area contributed by atoms with Crippen LogP contribution >= 0.6 is 11.6 Å². The fraction of sp³-hybridized carbons (Fsp3) is 0.238. The predicted molar refractivity (Wildman–Crippen MR) is 118 cm³/mol. The van der Waals surface area contributed by atoms with Gasteiger partial charge in [0.1, 0.15) is 11.6 Å². The molecule has 0 aliphatic carbocycles. The van der Waals surface area contributed by atoms with E-state index in [4.69, 9.17) is 26.2 Å². The van der Waals surface area contributed by atoms with Gasteiger partial charge in [-0.1, -0.05) is 18.5 Å². The third-order valence-corrected chi connectivity index (χ3v) is 5.11. The van der Waals surface area contributed by atoms with Gasteiger partial charge in [0.05, 0.1) is 23.1 Å². The Kier molecular flexibility index (Phi) is 8.45. The van der Waals surface area contributed by atoms with Gasteiger partial charge in [-0.2, -0.15) is 5.26 Å². The van der Waals surface area contributed by atoms with Crippen molar-refractivity contribution in [2.24, 2.45) is 5.14 Å². The predicted octanol–water partition coefficient (Wildman–Crippen LogP) is 3.72. The molecule has 10 heteroatoms. The molecule has 0 saturated carbocycles. The van der Waals surface area contributed by atoms with Crippen LogP contribution in [0.1, 0.15) is 25.8 Å². The van der Waals surface area contributed by atoms with Crippen LogP contribution in [-0.2, 0) is 14.8 Å². The lowest BCUT2D eigenvalue weighted by molar-refractivity contribution is -0.112. The third-order valence-electron chi connectivity index (χ3n) is 3.90. The standard InChI is InChI=1S/C21H22ClN3O5S/c1-3-9-30-20-18(22)11-14(12-19(20)29-4-2)10-15(13-23)21(26)25-16-5-7-17(8-6-16)31(24,27)28/h5-8,10-12H,3-4,9H2,1-2H3,(H,25,26)(H2,24,27,28)/b15-10+. The molecule has 0 aliphatic heterocycles. The van der Waals surface area contributed by atoms with Crippen LogP contribution in [0.5, 0.6) is 11.5 Å². The summed E-state index contributed by atoms with van der Waals surface area (Å²) in [6.45, 7) is 4.62. The van der Waals surface area contributed by atoms with Gasteiger partial charge in [-0.25, -0.2) is 13.6 Å². The van der Waals surface area contributed by atoms with Crippen LogP contribution in [0, 0.1) is 11.3 Å². The fourth-order valence-corrected chi connectivity index (χ4v) is 3.31. The number of nitrogens with two attached hydrogens (primary N) is 1. The van der Waals surface area contributed by atoms with Crippen LogP contribution in [0.3, 0.4) is 0 Å². The lowest BCUT2D eigenvalue weighted by Crippen LogP contribution is -2.14. The first kappa shape index (κ1) is 24.2. The fourth-order valence-electron chi connectivity index (χ4n) is 2.52. The molecule has 2 rings (SSSR count). The second-order valence-electron chi connectivity index (χ2n) is 6.30. The average molecular weight is 464 g/mol. The summed E-state index contributed by atoms with van der Waals surface area (Å²) in [6, 6.07) is 10.3. The molecule has 0 aromatic heterocycles. The summed E-state index contributed by atoms with van der Waals surface area (Å²) in [7, 11) is -3.84. The van der Waals surface area contributed by atoms with Gasteiger partial charge in [0.25, 0.3) is 5.91 Å². The van der Waals surface area contributed by atoms with Crippen molar-refractivity contribution in [1.29, 1.82) is 5.26 Å². The van der Waals surface area contributed by atoms with E-state index in [1.165, 1.54) is 30.3 Å². The first-order chi connectivity index (χ1) is 14.7. The number of benzene rings is 2. The minimum Gasteiger partial charge on any atom is -0.490 e. The lowest BCUT2D eigenvalue weighted by atomic mass is 10.1. The smallest absolute Gasteiger partial charge is 0.266 e. The maximum Gasteiger partial charge on any atom is 0.266 e. The van der Waals surface area contributed by atoms with E-state index in [1.807, 2.05) is 19.9 Å². The van der Waals surface area contributed by atoms with Gasteiger partial charge >= 0.3 is 0 Å². The van der Waals surface area contributed by atoms with Crippen molar-refractivity contribution >= 4 is 39.3 Å². The number of halogens is 1. The molecule has 1 amide bonds. The zero-order valence-electron chi connectivity index (χ0n) is 17.0. The molecule has 0 aliphatic rings. The molecule has 31 heavy (non-hydrogen) atoms. The van der Waals surface area contributed by atoms with Crippen LogP contribution in [-0.4, -0.2) is 27.5 Å². The van der Waals surface area contributed by atoms with E-state index in [9.17, 15) is 18.5 Å². The van der Waals surface area contributed by atoms with Gasteiger partial charge < -0.3 is 14.8 Å². The van der Waals surface area contributed by atoms with Crippen molar-refractivity contribution in [1.82, 2.24) is 0 Å². The molecule has 2 aromatic carbocycles. The number of hydrogen-bond donors (Lipinski definition) is 2. The van der Waals surface area contributed by atoms with Crippen molar-refractivity contribution < 1.29 is 22.7 Å². The van der Waals surface area contributed by atoms with E-state index >= 15 is 0 Å². The molecule has 8 nitrogen and oxygen atoms in total. The van der Waals surface area contributed by atoms with E-state index in [0.717, 1.165) is 6.42 Å². The summed E-state index contributed by atoms with van der Waals surface area (Å²) in [5.74, 6) is 0.137. The number of hydrogen-bond acceptors (Lipinski definition) is 6. The van der Waals surface area contributed by atoms with E-state index in [1.54, 1.807) is 12.1 Å². The molecule has 0 saturated heterocycles. The van der Waals surface area contributed by atoms with Gasteiger partial charge in [0, 0.05) is 5.69 Å².